The van der Waals surface area contributed by atoms with E-state index >= 15 is 4.39 Å². The fraction of sp³-hybridized carbons (Fsp3) is 0.207. The summed E-state index contributed by atoms with van der Waals surface area (Å²) < 4.78 is 53.6. The third-order valence-electron chi connectivity index (χ3n) is 7.46. The van der Waals surface area contributed by atoms with Crippen LogP contribution in [0.3, 0.4) is 0 Å². The number of primary sulfonamides is 1. The largest absolute Gasteiger partial charge is 0.347 e. The SMILES string of the molecule is Cc1nc(N(C)Cc2cc(F)c3c(c2)C(=O)N(C2CCC(=O)NC2=O)C3=O)sc1-c1nc(Nc2cccc(S(N)(=O)=O)c2)ncc1F. The molecular formula is C29H24F2N8O6S2. The van der Waals surface area contributed by atoms with Gasteiger partial charge in [0.05, 0.1) is 32.8 Å². The van der Waals surface area contributed by atoms with Crippen LogP contribution in [0.1, 0.15) is 44.8 Å². The predicted molar refractivity (Wildman–Crippen MR) is 164 cm³/mol. The fourth-order valence-electron chi connectivity index (χ4n) is 5.27. The van der Waals surface area contributed by atoms with Crippen molar-refractivity contribution in [1.82, 2.24) is 25.2 Å². The molecule has 2 aromatic carbocycles. The van der Waals surface area contributed by atoms with Gasteiger partial charge < -0.3 is 10.2 Å². The molecule has 2 aromatic heterocycles. The highest BCUT2D eigenvalue weighted by molar-refractivity contribution is 7.89. The Bertz CT molecular complexity index is 2120. The Labute approximate surface area is 269 Å². The van der Waals surface area contributed by atoms with Gasteiger partial charge in [-0.2, -0.15) is 0 Å². The Morgan fingerprint density at radius 3 is 2.60 bits per heavy atom. The number of thiazole rings is 1. The molecule has 0 radical (unpaired) electrons. The number of nitrogens with zero attached hydrogens (tertiary/aromatic N) is 5. The van der Waals surface area contributed by atoms with Gasteiger partial charge in [0.25, 0.3) is 11.8 Å². The van der Waals surface area contributed by atoms with E-state index in [1.165, 1.54) is 24.3 Å². The van der Waals surface area contributed by atoms with E-state index in [2.05, 4.69) is 25.6 Å². The van der Waals surface area contributed by atoms with E-state index in [4.69, 9.17) is 5.14 Å². The molecule has 1 saturated heterocycles. The Morgan fingerprint density at radius 1 is 1.11 bits per heavy atom. The summed E-state index contributed by atoms with van der Waals surface area (Å²) in [5, 5.41) is 10.5. The molecule has 4 aromatic rings. The first-order valence-corrected chi connectivity index (χ1v) is 16.2. The molecular weight excluding hydrogens is 658 g/mol. The molecule has 1 atom stereocenters. The number of carbonyl (C=O) groups excluding carboxylic acids is 4. The van der Waals surface area contributed by atoms with Gasteiger partial charge in [-0.1, -0.05) is 17.4 Å². The van der Waals surface area contributed by atoms with Crippen LogP contribution in [-0.2, 0) is 26.2 Å². The van der Waals surface area contributed by atoms with Crippen molar-refractivity contribution >= 4 is 61.8 Å². The van der Waals surface area contributed by atoms with Crippen molar-refractivity contribution in [2.75, 3.05) is 17.3 Å². The molecule has 4 N–H and O–H groups in total. The predicted octanol–water partition coefficient (Wildman–Crippen LogP) is 2.62. The highest BCUT2D eigenvalue weighted by Crippen LogP contribution is 2.36. The standard InChI is InChI=1S/C29H24F2N8O6S2/c1-13-24(23-19(31)11-33-28(37-23)35-15-4-3-5-16(10-15)47(32,44)45)46-29(34-13)38(2)12-14-8-17-22(18(30)9-14)27(43)39(26(17)42)20-6-7-21(40)36-25(20)41/h3-5,8-11,20H,6-7,12H2,1-2H3,(H2,32,44,45)(H,33,35,37)(H,36,40,41). The number of sulfonamides is 1. The number of aromatic nitrogens is 3. The zero-order valence-electron chi connectivity index (χ0n) is 24.6. The minimum absolute atomic E-state index is 0.0187. The summed E-state index contributed by atoms with van der Waals surface area (Å²) in [6.45, 7) is 1.69. The maximum Gasteiger partial charge on any atom is 0.265 e. The molecule has 0 aliphatic carbocycles. The number of anilines is 3. The van der Waals surface area contributed by atoms with Crippen molar-refractivity contribution in [2.45, 2.75) is 37.2 Å². The van der Waals surface area contributed by atoms with Crippen LogP contribution < -0.4 is 20.7 Å². The number of nitrogens with one attached hydrogen (secondary N) is 2. The average molecular weight is 683 g/mol. The number of carbonyl (C=O) groups is 4. The van der Waals surface area contributed by atoms with Gasteiger partial charge >= 0.3 is 0 Å². The second kappa shape index (κ2) is 11.9. The zero-order valence-corrected chi connectivity index (χ0v) is 26.2. The second-order valence-electron chi connectivity index (χ2n) is 10.8. The quantitative estimate of drug-likeness (QED) is 0.231. The van der Waals surface area contributed by atoms with E-state index in [9.17, 15) is 32.0 Å². The Kier molecular flexibility index (Phi) is 8.02. The number of amides is 4. The van der Waals surface area contributed by atoms with E-state index in [1.54, 1.807) is 24.9 Å². The summed E-state index contributed by atoms with van der Waals surface area (Å²) in [6.07, 6.45) is 0.833. The van der Waals surface area contributed by atoms with E-state index < -0.39 is 56.9 Å². The van der Waals surface area contributed by atoms with Crippen LogP contribution in [0.2, 0.25) is 0 Å². The first-order chi connectivity index (χ1) is 22.2. The summed E-state index contributed by atoms with van der Waals surface area (Å²) in [7, 11) is -2.31. The van der Waals surface area contributed by atoms with Gasteiger partial charge in [-0.3, -0.25) is 29.4 Å². The minimum atomic E-state index is -3.96. The molecule has 0 spiro atoms. The van der Waals surface area contributed by atoms with Crippen LogP contribution in [0.25, 0.3) is 10.6 Å². The summed E-state index contributed by atoms with van der Waals surface area (Å²) in [6, 6.07) is 6.89. The molecule has 4 heterocycles. The topological polar surface area (TPSA) is 198 Å². The van der Waals surface area contributed by atoms with Crippen molar-refractivity contribution in [2.24, 2.45) is 5.14 Å². The number of piperidine rings is 1. The maximum atomic E-state index is 15.3. The lowest BCUT2D eigenvalue weighted by molar-refractivity contribution is -0.136. The van der Waals surface area contributed by atoms with Crippen molar-refractivity contribution in [3.05, 3.63) is 76.6 Å². The number of imide groups is 2. The Morgan fingerprint density at radius 2 is 1.87 bits per heavy atom. The molecule has 47 heavy (non-hydrogen) atoms. The lowest BCUT2D eigenvalue weighted by Crippen LogP contribution is -2.54. The van der Waals surface area contributed by atoms with Crippen molar-refractivity contribution < 1.29 is 36.4 Å². The van der Waals surface area contributed by atoms with Gasteiger partial charge in [0.2, 0.25) is 27.8 Å². The van der Waals surface area contributed by atoms with Crippen molar-refractivity contribution in [3.8, 4) is 10.6 Å². The fourth-order valence-corrected chi connectivity index (χ4v) is 6.85. The number of halogens is 2. The van der Waals surface area contributed by atoms with Gasteiger partial charge in [-0.15, -0.1) is 0 Å². The van der Waals surface area contributed by atoms with E-state index in [1.807, 2.05) is 0 Å². The summed E-state index contributed by atoms with van der Waals surface area (Å²) in [5.74, 6) is -4.80. The Balaban J connectivity index is 1.23. The smallest absolute Gasteiger partial charge is 0.265 e. The van der Waals surface area contributed by atoms with E-state index in [-0.39, 0.29) is 41.5 Å². The summed E-state index contributed by atoms with van der Waals surface area (Å²) in [5.41, 5.74) is 0.345. The second-order valence-corrected chi connectivity index (χ2v) is 13.3. The number of aryl methyl sites for hydroxylation is 1. The highest BCUT2D eigenvalue weighted by atomic mass is 32.2. The number of rotatable bonds is 8. The average Bonchev–Trinajstić information content (AvgIpc) is 3.51. The molecule has 0 bridgehead atoms. The molecule has 0 saturated carbocycles. The molecule has 18 heteroatoms. The van der Waals surface area contributed by atoms with Crippen LogP contribution in [-0.4, -0.2) is 65.0 Å². The summed E-state index contributed by atoms with van der Waals surface area (Å²) in [4.78, 5) is 65.4. The highest BCUT2D eigenvalue weighted by Gasteiger charge is 2.46. The third kappa shape index (κ3) is 6.05. The van der Waals surface area contributed by atoms with Crippen LogP contribution in [0.5, 0.6) is 0 Å². The zero-order chi connectivity index (χ0) is 33.8. The number of fused-ring (bicyclic) bond motifs is 1. The van der Waals surface area contributed by atoms with Gasteiger partial charge in [0.15, 0.2) is 10.9 Å². The monoisotopic (exact) mass is 682 g/mol. The van der Waals surface area contributed by atoms with E-state index in [0.29, 0.717) is 31.9 Å². The van der Waals surface area contributed by atoms with Gasteiger partial charge in [0, 0.05) is 25.7 Å². The van der Waals surface area contributed by atoms with Crippen molar-refractivity contribution in [3.63, 3.8) is 0 Å². The molecule has 1 unspecified atom stereocenters. The first kappa shape index (κ1) is 31.8. The lowest BCUT2D eigenvalue weighted by atomic mass is 10.0. The van der Waals surface area contributed by atoms with E-state index in [0.717, 1.165) is 23.6 Å². The van der Waals surface area contributed by atoms with Crippen molar-refractivity contribution in [1.29, 1.82) is 0 Å². The first-order valence-electron chi connectivity index (χ1n) is 13.9. The third-order valence-corrected chi connectivity index (χ3v) is 9.65. The molecule has 1 fully saturated rings. The Hall–Kier alpha value is -5.20. The molecule has 6 rings (SSSR count). The molecule has 14 nitrogen and oxygen atoms in total. The van der Waals surface area contributed by atoms with Crippen LogP contribution >= 0.6 is 11.3 Å². The molecule has 242 valence electrons. The lowest BCUT2D eigenvalue weighted by Gasteiger charge is -2.27. The van der Waals surface area contributed by atoms with Gasteiger partial charge in [-0.25, -0.2) is 37.3 Å². The molecule has 2 aliphatic heterocycles. The minimum Gasteiger partial charge on any atom is -0.347 e. The number of hydrogen-bond acceptors (Lipinski definition) is 12. The van der Waals surface area contributed by atoms with Crippen LogP contribution in [0.15, 0.2) is 47.5 Å². The normalized spacial score (nSPS) is 16.4. The molecule has 2 aliphatic rings. The van der Waals surface area contributed by atoms with Gasteiger partial charge in [-0.05, 0) is 49.2 Å². The summed E-state index contributed by atoms with van der Waals surface area (Å²) >= 11 is 1.09. The molecule has 4 amide bonds. The number of nitrogens with two attached hydrogens (primary N) is 1. The van der Waals surface area contributed by atoms with Crippen LogP contribution in [0.4, 0.5) is 25.5 Å². The maximum absolute atomic E-state index is 15.3. The number of benzene rings is 2. The van der Waals surface area contributed by atoms with Gasteiger partial charge in [0.1, 0.15) is 17.6 Å². The van der Waals surface area contributed by atoms with Crippen LogP contribution in [0, 0.1) is 18.6 Å². The number of hydrogen-bond donors (Lipinski definition) is 3.